The molecule has 0 heterocycles. The average Bonchev–Trinajstić information content (AvgIpc) is 2.31. The van der Waals surface area contributed by atoms with Gasteiger partial charge in [0.2, 0.25) is 0 Å². The molecule has 0 aromatic rings. The molecular weight excluding hydrogens is 249 g/mol. The molecule has 0 saturated carbocycles. The Morgan fingerprint density at radius 3 is 2.90 bits per heavy atom. The zero-order valence-corrected chi connectivity index (χ0v) is 10.3. The molecule has 0 atom stereocenters. The van der Waals surface area contributed by atoms with Gasteiger partial charge in [-0.3, -0.25) is 0 Å². The van der Waals surface area contributed by atoms with Crippen molar-refractivity contribution >= 4 is 0 Å². The second-order valence-corrected chi connectivity index (χ2v) is 5.00. The van der Waals surface area contributed by atoms with E-state index in [1.54, 1.807) is 6.73 Å². The third-order valence-electron chi connectivity index (χ3n) is 1.87. The summed E-state index contributed by atoms with van der Waals surface area (Å²) in [5, 5.41) is 0. The summed E-state index contributed by atoms with van der Waals surface area (Å²) in [4.78, 5) is 0. The van der Waals surface area contributed by atoms with Gasteiger partial charge in [-0.2, -0.15) is 0 Å². The molecular formula is C9H13Pr. The van der Waals surface area contributed by atoms with Gasteiger partial charge in [-0.05, 0) is 0 Å². The first-order valence-electron chi connectivity index (χ1n) is 3.98. The van der Waals surface area contributed by atoms with Gasteiger partial charge in [0, 0.05) is 0 Å². The third-order valence-corrected chi connectivity index (χ3v) is 3.81. The standard InChI is InChI=1S/C9H13.Pr/c1-2-3-6-9-7-4-5-8-9;/h4,7H,2-3,5-6H2,1H3;. The summed E-state index contributed by atoms with van der Waals surface area (Å²) in [7, 11) is 0. The minimum atomic E-state index is 1.08. The molecule has 1 rings (SSSR count). The predicted molar refractivity (Wildman–Crippen MR) is 40.3 cm³/mol. The van der Waals surface area contributed by atoms with Crippen LogP contribution in [0.15, 0.2) is 18.9 Å². The Morgan fingerprint density at radius 1 is 1.60 bits per heavy atom. The molecule has 0 radical (unpaired) electrons. The molecule has 10 heavy (non-hydrogen) atoms. The average molecular weight is 262 g/mol. The van der Waals surface area contributed by atoms with Crippen molar-refractivity contribution in [3.05, 3.63) is 18.9 Å². The van der Waals surface area contributed by atoms with Crippen LogP contribution in [0.5, 0.6) is 0 Å². The zero-order chi connectivity index (χ0) is 7.40. The molecule has 1 heteroatoms. The van der Waals surface area contributed by atoms with Crippen molar-refractivity contribution in [3.63, 3.8) is 0 Å². The van der Waals surface area contributed by atoms with Crippen LogP contribution >= 0.6 is 0 Å². The molecule has 0 aromatic heterocycles. The van der Waals surface area contributed by atoms with E-state index in [0.717, 1.165) is 39.2 Å². The first-order valence-corrected chi connectivity index (χ1v) is 5.84. The van der Waals surface area contributed by atoms with Gasteiger partial charge in [0.15, 0.2) is 0 Å². The molecule has 52 valence electrons. The van der Waals surface area contributed by atoms with Crippen LogP contribution in [0.3, 0.4) is 0 Å². The number of hydrogen-bond donors (Lipinski definition) is 0. The summed E-state index contributed by atoms with van der Waals surface area (Å²) in [6, 6.07) is 0. The Labute approximate surface area is 89.7 Å². The van der Waals surface area contributed by atoms with E-state index in [9.17, 15) is 0 Å². The summed E-state index contributed by atoms with van der Waals surface area (Å²) in [5.74, 6) is 0. The van der Waals surface area contributed by atoms with Crippen molar-refractivity contribution in [2.24, 2.45) is 0 Å². The molecule has 0 aliphatic heterocycles. The van der Waals surface area contributed by atoms with Crippen molar-refractivity contribution in [1.29, 1.82) is 0 Å². The zero-order valence-electron chi connectivity index (χ0n) is 6.56. The van der Waals surface area contributed by atoms with Crippen LogP contribution in [-0.4, -0.2) is 0 Å². The first kappa shape index (κ1) is 8.94. The SMILES string of the molecule is CCCCC1=[C]([Pr])CC=C1. The molecule has 0 unspecified atom stereocenters. The molecule has 1 aliphatic rings. The van der Waals surface area contributed by atoms with Gasteiger partial charge in [-0.1, -0.05) is 0 Å². The fourth-order valence-electron chi connectivity index (χ4n) is 1.18. The first-order chi connectivity index (χ1) is 4.84. The molecule has 0 nitrogen and oxygen atoms in total. The normalized spacial score (nSPS) is 16.8. The molecule has 0 fully saturated rings. The molecule has 0 bridgehead atoms. The van der Waals surface area contributed by atoms with E-state index in [-0.39, 0.29) is 0 Å². The summed E-state index contributed by atoms with van der Waals surface area (Å²) in [6.45, 7) is 2.26. The van der Waals surface area contributed by atoms with E-state index < -0.39 is 0 Å². The van der Waals surface area contributed by atoms with E-state index in [0.29, 0.717) is 0 Å². The molecule has 0 spiro atoms. The molecule has 0 saturated heterocycles. The van der Waals surface area contributed by atoms with Crippen LogP contribution in [-0.2, 0) is 0 Å². The van der Waals surface area contributed by atoms with Crippen LogP contribution < -0.4 is 0 Å². The Kier molecular flexibility index (Phi) is 4.17. The van der Waals surface area contributed by atoms with Crippen LogP contribution in [0.4, 0.5) is 0 Å². The Bertz CT molecular complexity index is 166. The van der Waals surface area contributed by atoms with Gasteiger partial charge < -0.3 is 0 Å². The Morgan fingerprint density at radius 2 is 2.40 bits per heavy atom. The number of hydrogen-bond acceptors (Lipinski definition) is 0. The summed E-state index contributed by atoms with van der Waals surface area (Å²) in [5.41, 5.74) is 1.66. The van der Waals surface area contributed by atoms with E-state index in [1.807, 2.05) is 0 Å². The van der Waals surface area contributed by atoms with Crippen molar-refractivity contribution in [2.75, 3.05) is 0 Å². The van der Waals surface area contributed by atoms with Gasteiger partial charge in [-0.15, -0.1) is 0 Å². The summed E-state index contributed by atoms with van der Waals surface area (Å²) in [6.07, 6.45) is 9.93. The van der Waals surface area contributed by atoms with Crippen LogP contribution in [0.1, 0.15) is 32.6 Å². The van der Waals surface area contributed by atoms with Crippen molar-refractivity contribution in [2.45, 2.75) is 32.6 Å². The third kappa shape index (κ3) is 2.47. The summed E-state index contributed by atoms with van der Waals surface area (Å²) < 4.78 is 1.74. The fourth-order valence-corrected chi connectivity index (χ4v) is 2.39. The van der Waals surface area contributed by atoms with E-state index in [4.69, 9.17) is 0 Å². The number of allylic oxidation sites excluding steroid dienone is 4. The Balaban J connectivity index is 2.38. The monoisotopic (exact) mass is 262 g/mol. The van der Waals surface area contributed by atoms with Crippen molar-refractivity contribution in [1.82, 2.24) is 0 Å². The fraction of sp³-hybridized carbons (Fsp3) is 0.556. The van der Waals surface area contributed by atoms with Gasteiger partial charge in [-0.25, -0.2) is 0 Å². The summed E-state index contributed by atoms with van der Waals surface area (Å²) >= 11 is 1.08. The minimum absolute atomic E-state index is 1.08. The van der Waals surface area contributed by atoms with Gasteiger partial charge in [0.1, 0.15) is 0 Å². The van der Waals surface area contributed by atoms with Crippen LogP contribution in [0.25, 0.3) is 0 Å². The van der Waals surface area contributed by atoms with Gasteiger partial charge in [0.05, 0.1) is 0 Å². The van der Waals surface area contributed by atoms with Crippen molar-refractivity contribution in [3.8, 4) is 0 Å². The maximum absolute atomic E-state index is 2.32. The van der Waals surface area contributed by atoms with Gasteiger partial charge in [0.25, 0.3) is 0 Å². The Hall–Kier alpha value is 0.844. The van der Waals surface area contributed by atoms with E-state index in [2.05, 4.69) is 19.1 Å². The molecule has 1 aliphatic carbocycles. The molecule has 0 N–H and O–H groups in total. The second kappa shape index (κ2) is 4.67. The van der Waals surface area contributed by atoms with Crippen LogP contribution in [0, 0.1) is 39.2 Å². The molecule has 0 aromatic carbocycles. The number of unbranched alkanes of at least 4 members (excludes halogenated alkanes) is 1. The van der Waals surface area contributed by atoms with Crippen LogP contribution in [0.2, 0.25) is 0 Å². The predicted octanol–water partition coefficient (Wildman–Crippen LogP) is 2.94. The van der Waals surface area contributed by atoms with E-state index in [1.165, 1.54) is 25.7 Å². The quantitative estimate of drug-likeness (QED) is 0.733. The molecule has 0 amide bonds. The number of rotatable bonds is 3. The maximum atomic E-state index is 2.32. The topological polar surface area (TPSA) is 0 Å². The van der Waals surface area contributed by atoms with E-state index >= 15 is 0 Å². The van der Waals surface area contributed by atoms with Gasteiger partial charge >= 0.3 is 90.7 Å². The van der Waals surface area contributed by atoms with Crippen molar-refractivity contribution < 1.29 is 39.2 Å². The second-order valence-electron chi connectivity index (χ2n) is 2.76.